The molecule has 4 heteroatoms. The van der Waals surface area contributed by atoms with E-state index in [0.29, 0.717) is 0 Å². The molecular formula is C12H18BrClO2. The minimum absolute atomic E-state index is 0.0139. The van der Waals surface area contributed by atoms with E-state index in [9.17, 15) is 0 Å². The molecule has 0 radical (unpaired) electrons. The zero-order valence-corrected chi connectivity index (χ0v) is 12.0. The second-order valence-corrected chi connectivity index (χ2v) is 3.70. The van der Waals surface area contributed by atoms with Gasteiger partial charge < -0.3 is 9.47 Å². The van der Waals surface area contributed by atoms with Crippen LogP contribution in [0.3, 0.4) is 0 Å². The average molecular weight is 310 g/mol. The third-order valence-electron chi connectivity index (χ3n) is 1.55. The SMILES string of the molecule is BrCC1OCCO1.CC.Clc1ccccc1. The van der Waals surface area contributed by atoms with Gasteiger partial charge in [-0.15, -0.1) is 0 Å². The first-order chi connectivity index (χ1) is 7.83. The van der Waals surface area contributed by atoms with Crippen LogP contribution >= 0.6 is 27.5 Å². The summed E-state index contributed by atoms with van der Waals surface area (Å²) in [4.78, 5) is 0. The fourth-order valence-corrected chi connectivity index (χ4v) is 1.43. The Labute approximate surface area is 111 Å². The van der Waals surface area contributed by atoms with Gasteiger partial charge in [-0.05, 0) is 12.1 Å². The highest BCUT2D eigenvalue weighted by Crippen LogP contribution is 2.05. The highest BCUT2D eigenvalue weighted by atomic mass is 79.9. The molecule has 2 rings (SSSR count). The molecule has 0 amide bonds. The fourth-order valence-electron chi connectivity index (χ4n) is 0.911. The molecule has 0 bridgehead atoms. The summed E-state index contributed by atoms with van der Waals surface area (Å²) in [5.41, 5.74) is 0. The lowest BCUT2D eigenvalue weighted by molar-refractivity contribution is -0.0205. The minimum atomic E-state index is 0.0139. The van der Waals surface area contributed by atoms with Crippen molar-refractivity contribution in [3.05, 3.63) is 35.4 Å². The third kappa shape index (κ3) is 8.11. The van der Waals surface area contributed by atoms with E-state index in [0.717, 1.165) is 23.6 Å². The van der Waals surface area contributed by atoms with Crippen LogP contribution in [0.1, 0.15) is 13.8 Å². The van der Waals surface area contributed by atoms with Crippen LogP contribution < -0.4 is 0 Å². The Morgan fingerprint density at radius 1 is 1.19 bits per heavy atom. The average Bonchev–Trinajstić information content (AvgIpc) is 2.86. The van der Waals surface area contributed by atoms with E-state index >= 15 is 0 Å². The van der Waals surface area contributed by atoms with Gasteiger partial charge in [-0.2, -0.15) is 0 Å². The summed E-state index contributed by atoms with van der Waals surface area (Å²) < 4.78 is 10.1. The molecule has 1 saturated heterocycles. The standard InChI is InChI=1S/C6H5Cl.C4H7BrO2.C2H6/c7-6-4-2-1-3-5-6;5-3-4-6-1-2-7-4;1-2/h1-5H;4H,1-3H2;1-2H3. The van der Waals surface area contributed by atoms with Gasteiger partial charge in [-0.1, -0.05) is 59.6 Å². The molecule has 16 heavy (non-hydrogen) atoms. The van der Waals surface area contributed by atoms with E-state index in [2.05, 4.69) is 15.9 Å². The van der Waals surface area contributed by atoms with Crippen molar-refractivity contribution in [2.24, 2.45) is 0 Å². The topological polar surface area (TPSA) is 18.5 Å². The van der Waals surface area contributed by atoms with Crippen LogP contribution in [0.5, 0.6) is 0 Å². The molecule has 2 nitrogen and oxygen atoms in total. The number of hydrogen-bond acceptors (Lipinski definition) is 2. The molecule has 0 aromatic heterocycles. The highest BCUT2D eigenvalue weighted by molar-refractivity contribution is 9.09. The van der Waals surface area contributed by atoms with Gasteiger partial charge in [-0.25, -0.2) is 0 Å². The maximum absolute atomic E-state index is 5.54. The zero-order chi connectivity index (χ0) is 12.2. The molecule has 1 aromatic carbocycles. The molecule has 0 spiro atoms. The van der Waals surface area contributed by atoms with E-state index in [1.54, 1.807) is 0 Å². The predicted molar refractivity (Wildman–Crippen MR) is 72.3 cm³/mol. The van der Waals surface area contributed by atoms with Crippen LogP contribution in [0.2, 0.25) is 5.02 Å². The summed E-state index contributed by atoms with van der Waals surface area (Å²) in [6.07, 6.45) is 0.0139. The molecular weight excluding hydrogens is 291 g/mol. The van der Waals surface area contributed by atoms with Gasteiger partial charge in [0, 0.05) is 5.02 Å². The van der Waals surface area contributed by atoms with Gasteiger partial charge in [0.15, 0.2) is 6.29 Å². The highest BCUT2D eigenvalue weighted by Gasteiger charge is 2.12. The lowest BCUT2D eigenvalue weighted by atomic mass is 10.4. The Hall–Kier alpha value is -0.0900. The molecule has 0 unspecified atom stereocenters. The number of rotatable bonds is 1. The summed E-state index contributed by atoms with van der Waals surface area (Å²) in [6, 6.07) is 9.44. The largest absolute Gasteiger partial charge is 0.349 e. The molecule has 92 valence electrons. The number of benzene rings is 1. The molecule has 0 atom stereocenters. The first-order valence-corrected chi connectivity index (χ1v) is 6.82. The Bertz CT molecular complexity index is 238. The van der Waals surface area contributed by atoms with Crippen LogP contribution in [0.25, 0.3) is 0 Å². The first kappa shape index (κ1) is 15.9. The monoisotopic (exact) mass is 308 g/mol. The number of ether oxygens (including phenoxy) is 2. The van der Waals surface area contributed by atoms with Crippen molar-refractivity contribution in [1.29, 1.82) is 0 Å². The molecule has 1 fully saturated rings. The van der Waals surface area contributed by atoms with Gasteiger partial charge in [0.2, 0.25) is 0 Å². The summed E-state index contributed by atoms with van der Waals surface area (Å²) >= 11 is 8.77. The molecule has 1 heterocycles. The van der Waals surface area contributed by atoms with Crippen LogP contribution in [-0.4, -0.2) is 24.8 Å². The van der Waals surface area contributed by atoms with Crippen molar-refractivity contribution in [2.75, 3.05) is 18.5 Å². The van der Waals surface area contributed by atoms with E-state index in [1.807, 2.05) is 44.2 Å². The summed E-state index contributed by atoms with van der Waals surface area (Å²) in [6.45, 7) is 5.49. The molecule has 1 aromatic rings. The van der Waals surface area contributed by atoms with Crippen molar-refractivity contribution in [3.63, 3.8) is 0 Å². The second kappa shape index (κ2) is 11.4. The number of alkyl halides is 1. The first-order valence-electron chi connectivity index (χ1n) is 5.32. The Balaban J connectivity index is 0.000000244. The number of hydrogen-bond donors (Lipinski definition) is 0. The molecule has 1 aliphatic heterocycles. The maximum atomic E-state index is 5.54. The Kier molecular flexibility index (Phi) is 11.3. The van der Waals surface area contributed by atoms with Crippen molar-refractivity contribution < 1.29 is 9.47 Å². The van der Waals surface area contributed by atoms with Crippen molar-refractivity contribution in [3.8, 4) is 0 Å². The quantitative estimate of drug-likeness (QED) is 0.727. The van der Waals surface area contributed by atoms with Gasteiger partial charge in [0.1, 0.15) is 0 Å². The van der Waals surface area contributed by atoms with Gasteiger partial charge in [0.05, 0.1) is 18.5 Å². The molecule has 0 saturated carbocycles. The maximum Gasteiger partial charge on any atom is 0.167 e. The van der Waals surface area contributed by atoms with Gasteiger partial charge >= 0.3 is 0 Å². The third-order valence-corrected chi connectivity index (χ3v) is 2.33. The number of halogens is 2. The van der Waals surface area contributed by atoms with Crippen molar-refractivity contribution in [2.45, 2.75) is 20.1 Å². The fraction of sp³-hybridized carbons (Fsp3) is 0.500. The van der Waals surface area contributed by atoms with E-state index in [1.165, 1.54) is 0 Å². The van der Waals surface area contributed by atoms with Crippen molar-refractivity contribution in [1.82, 2.24) is 0 Å². The normalized spacial score (nSPS) is 14.5. The van der Waals surface area contributed by atoms with Gasteiger partial charge in [0.25, 0.3) is 0 Å². The lowest BCUT2D eigenvalue weighted by Crippen LogP contribution is -2.07. The molecule has 0 N–H and O–H groups in total. The van der Waals surface area contributed by atoms with Crippen LogP contribution in [0.4, 0.5) is 0 Å². The molecule has 1 aliphatic rings. The lowest BCUT2D eigenvalue weighted by Gasteiger charge is -2.00. The summed E-state index contributed by atoms with van der Waals surface area (Å²) in [5, 5.41) is 1.58. The Morgan fingerprint density at radius 2 is 1.69 bits per heavy atom. The van der Waals surface area contributed by atoms with Crippen LogP contribution in [0.15, 0.2) is 30.3 Å². The summed E-state index contributed by atoms with van der Waals surface area (Å²) in [5.74, 6) is 0. The smallest absolute Gasteiger partial charge is 0.167 e. The van der Waals surface area contributed by atoms with E-state index < -0.39 is 0 Å². The van der Waals surface area contributed by atoms with E-state index in [-0.39, 0.29) is 6.29 Å². The predicted octanol–water partition coefficient (Wildman–Crippen LogP) is 4.12. The second-order valence-electron chi connectivity index (χ2n) is 2.62. The van der Waals surface area contributed by atoms with E-state index in [4.69, 9.17) is 21.1 Å². The zero-order valence-electron chi connectivity index (χ0n) is 9.66. The molecule has 0 aliphatic carbocycles. The van der Waals surface area contributed by atoms with Crippen LogP contribution in [0, 0.1) is 0 Å². The minimum Gasteiger partial charge on any atom is -0.349 e. The summed E-state index contributed by atoms with van der Waals surface area (Å²) in [7, 11) is 0. The van der Waals surface area contributed by atoms with Crippen molar-refractivity contribution >= 4 is 27.5 Å². The Morgan fingerprint density at radius 3 is 1.94 bits per heavy atom. The van der Waals surface area contributed by atoms with Gasteiger partial charge in [-0.3, -0.25) is 0 Å². The van der Waals surface area contributed by atoms with Crippen LogP contribution in [-0.2, 0) is 9.47 Å².